The number of likely N-dealkylation sites (N-methyl/N-ethyl adjacent to an activating group) is 2. The number of nitrogens with one attached hydrogen (secondary N) is 7. The average Bonchev–Trinajstić information content (AvgIpc) is 2.47. The van der Waals surface area contributed by atoms with Crippen LogP contribution in [0.1, 0.15) is 159 Å². The Labute approximate surface area is 508 Å². The summed E-state index contributed by atoms with van der Waals surface area (Å²) < 4.78 is 5.86. The number of rotatable bonds is 35. The highest BCUT2D eigenvalue weighted by molar-refractivity contribution is 7.09. The number of ether oxygens (including phenoxy) is 1. The van der Waals surface area contributed by atoms with Crippen molar-refractivity contribution < 1.29 is 62.6 Å². The van der Waals surface area contributed by atoms with Crippen molar-refractivity contribution in [1.82, 2.24) is 46.8 Å². The van der Waals surface area contributed by atoms with Gasteiger partial charge in [0, 0.05) is 68.8 Å². The second-order valence-corrected chi connectivity index (χ2v) is 23.9. The van der Waals surface area contributed by atoms with E-state index in [0.29, 0.717) is 35.5 Å². The fourth-order valence-electron chi connectivity index (χ4n) is 10.1. The summed E-state index contributed by atoms with van der Waals surface area (Å²) in [5.41, 5.74) is 9.69. The number of aromatic nitrogens is 1. The number of anilines is 1. The van der Waals surface area contributed by atoms with Gasteiger partial charge in [-0.25, -0.2) is 15.3 Å². The largest absolute Gasteiger partial charge is 0.481 e. The number of carboxylic acids is 1. The van der Waals surface area contributed by atoms with E-state index in [-0.39, 0.29) is 99.4 Å². The number of nitrogens with two attached hydrogens (primary N) is 1. The zero-order chi connectivity index (χ0) is 63.6. The molecule has 24 nitrogen and oxygen atoms in total. The lowest BCUT2D eigenvalue weighted by atomic mass is 9.92. The molecule has 474 valence electrons. The third kappa shape index (κ3) is 23.7. The molecule has 0 spiro atoms. The minimum atomic E-state index is -1.10. The monoisotopic (exact) mass is 1220 g/mol. The number of amides is 9. The number of primary amides is 1. The summed E-state index contributed by atoms with van der Waals surface area (Å²) in [6, 6.07) is 11.0. The number of hydrogen-bond donors (Lipinski definition) is 9. The lowest BCUT2D eigenvalue weighted by molar-refractivity contribution is -0.149. The van der Waals surface area contributed by atoms with Gasteiger partial charge >= 0.3 is 18.0 Å². The standard InChI is InChI=1S/C61H91N11O13S/c1-11-38(6)53(69-57(80)47-22-15-16-30-71(47)9)60(82)72(10)48(36(2)3)33-49(85-40(8)73)59-67-46(35-86-59)56(79)65-44(32-41-19-13-12-14-20-41)31-39(7)54(77)70-84-34-42-25-27-43(28-26-42)64-55(78)45(21-18-29-63-61(62)83)66-58(81)52(37(4)5)68-50(74)23-17-24-51(75)76/h12-14,19-20,25-28,35-39,44-45,47-49,52-53H,11,15-18,21-24,29-34H2,1-10H3,(H,64,78)(H,65,79)(H,66,81)(H,68,74)(H,69,80)(H,70,77)(H,75,76)(H3,62,63,83)/t38-,39-,44+,45-,47+,48+,49+,52-,53-/m0/s1. The third-order valence-electron chi connectivity index (χ3n) is 15.3. The van der Waals surface area contributed by atoms with Gasteiger partial charge in [-0.3, -0.25) is 52.9 Å². The molecule has 1 aromatic heterocycles. The van der Waals surface area contributed by atoms with Gasteiger partial charge in [0.2, 0.25) is 35.4 Å². The van der Waals surface area contributed by atoms with Crippen LogP contribution in [-0.4, -0.2) is 143 Å². The molecule has 0 radical (unpaired) electrons. The molecule has 0 bridgehead atoms. The lowest BCUT2D eigenvalue weighted by Crippen LogP contribution is -2.58. The number of carbonyl (C=O) groups excluding carboxylic acids is 9. The first-order valence-corrected chi connectivity index (χ1v) is 30.6. The highest BCUT2D eigenvalue weighted by Gasteiger charge is 2.38. The molecule has 86 heavy (non-hydrogen) atoms. The summed E-state index contributed by atoms with van der Waals surface area (Å²) in [5.74, 6) is -6.02. The molecule has 3 aromatic rings. The van der Waals surface area contributed by atoms with E-state index >= 15 is 0 Å². The number of thiazole rings is 1. The summed E-state index contributed by atoms with van der Waals surface area (Å²) in [6.07, 6.45) is 3.29. The molecule has 0 saturated carbocycles. The van der Waals surface area contributed by atoms with E-state index in [1.54, 1.807) is 62.4 Å². The first kappa shape index (κ1) is 71.0. The Balaban J connectivity index is 1.39. The summed E-state index contributed by atoms with van der Waals surface area (Å²) in [4.78, 5) is 144. The van der Waals surface area contributed by atoms with Crippen LogP contribution in [0.4, 0.5) is 10.5 Å². The van der Waals surface area contributed by atoms with Crippen LogP contribution in [0, 0.1) is 23.7 Å². The number of carbonyl (C=O) groups is 10. The lowest BCUT2D eigenvalue weighted by Gasteiger charge is -2.38. The Morgan fingerprint density at radius 3 is 2.13 bits per heavy atom. The number of hydroxylamine groups is 1. The van der Waals surface area contributed by atoms with Crippen molar-refractivity contribution in [3.05, 3.63) is 81.8 Å². The van der Waals surface area contributed by atoms with Crippen molar-refractivity contribution in [2.45, 2.75) is 181 Å². The molecular weight excluding hydrogens is 1130 g/mol. The summed E-state index contributed by atoms with van der Waals surface area (Å²) in [5, 5.41) is 27.6. The molecule has 0 aliphatic carbocycles. The van der Waals surface area contributed by atoms with Gasteiger partial charge in [0.1, 0.15) is 28.8 Å². The average molecular weight is 1220 g/mol. The number of piperidine rings is 1. The van der Waals surface area contributed by atoms with Gasteiger partial charge in [-0.05, 0) is 99.6 Å². The van der Waals surface area contributed by atoms with Crippen LogP contribution in [0.3, 0.4) is 0 Å². The van der Waals surface area contributed by atoms with Crippen LogP contribution < -0.4 is 43.1 Å². The minimum Gasteiger partial charge on any atom is -0.481 e. The van der Waals surface area contributed by atoms with E-state index < -0.39 is 89.7 Å². The van der Waals surface area contributed by atoms with E-state index in [4.69, 9.17) is 20.4 Å². The van der Waals surface area contributed by atoms with Crippen molar-refractivity contribution in [2.75, 3.05) is 32.5 Å². The molecule has 1 aliphatic heterocycles. The minimum absolute atomic E-state index is 0.0543. The maximum atomic E-state index is 14.4. The number of likely N-dealkylation sites (tertiary alicyclic amines) is 1. The van der Waals surface area contributed by atoms with Gasteiger partial charge in [-0.2, -0.15) is 0 Å². The second-order valence-electron chi connectivity index (χ2n) is 23.0. The Morgan fingerprint density at radius 2 is 1.51 bits per heavy atom. The van der Waals surface area contributed by atoms with Gasteiger partial charge in [0.05, 0.1) is 12.6 Å². The Bertz CT molecular complexity index is 2730. The maximum Gasteiger partial charge on any atom is 0.312 e. The number of urea groups is 1. The van der Waals surface area contributed by atoms with Gasteiger partial charge in [0.25, 0.3) is 5.91 Å². The van der Waals surface area contributed by atoms with Crippen molar-refractivity contribution in [2.24, 2.45) is 29.4 Å². The predicted octanol–water partition coefficient (Wildman–Crippen LogP) is 5.52. The molecule has 1 saturated heterocycles. The highest BCUT2D eigenvalue weighted by atomic mass is 32.1. The van der Waals surface area contributed by atoms with Crippen LogP contribution >= 0.6 is 11.3 Å². The number of carboxylic acid groups (broad SMARTS) is 1. The van der Waals surface area contributed by atoms with Gasteiger partial charge in [0.15, 0.2) is 6.10 Å². The molecule has 0 unspecified atom stereocenters. The molecule has 2 heterocycles. The molecule has 4 rings (SSSR count). The Morgan fingerprint density at radius 1 is 0.814 bits per heavy atom. The predicted molar refractivity (Wildman–Crippen MR) is 324 cm³/mol. The van der Waals surface area contributed by atoms with E-state index in [2.05, 4.69) is 42.4 Å². The molecule has 1 fully saturated rings. The third-order valence-corrected chi connectivity index (χ3v) is 16.2. The maximum absolute atomic E-state index is 14.4. The zero-order valence-corrected chi connectivity index (χ0v) is 52.2. The van der Waals surface area contributed by atoms with Crippen LogP contribution in [-0.2, 0) is 61.0 Å². The van der Waals surface area contributed by atoms with Gasteiger partial charge in [-0.1, -0.05) is 104 Å². The molecule has 25 heteroatoms. The fraction of sp³-hybridized carbons (Fsp3) is 0.590. The Kier molecular flexibility index (Phi) is 29.6. The van der Waals surface area contributed by atoms with Crippen molar-refractivity contribution in [3.63, 3.8) is 0 Å². The Hall–Kier alpha value is -7.51. The molecule has 1 aliphatic rings. The summed E-state index contributed by atoms with van der Waals surface area (Å²) in [6.45, 7) is 15.2. The van der Waals surface area contributed by atoms with Crippen LogP contribution in [0.5, 0.6) is 0 Å². The van der Waals surface area contributed by atoms with E-state index in [0.717, 1.165) is 36.3 Å². The molecular formula is C61H91N11O13S. The number of benzene rings is 2. The number of aliphatic carboxylic acids is 1. The molecule has 9 atom stereocenters. The van der Waals surface area contributed by atoms with Crippen LogP contribution in [0.25, 0.3) is 0 Å². The van der Waals surface area contributed by atoms with Crippen molar-refractivity contribution in [3.8, 4) is 0 Å². The van der Waals surface area contributed by atoms with Crippen LogP contribution in [0.2, 0.25) is 0 Å². The van der Waals surface area contributed by atoms with Crippen molar-refractivity contribution in [1.29, 1.82) is 0 Å². The summed E-state index contributed by atoms with van der Waals surface area (Å²) in [7, 11) is 3.63. The van der Waals surface area contributed by atoms with E-state index in [9.17, 15) is 47.9 Å². The smallest absolute Gasteiger partial charge is 0.312 e. The van der Waals surface area contributed by atoms with Crippen LogP contribution in [0.15, 0.2) is 60.0 Å². The normalized spacial score (nSPS) is 16.2. The van der Waals surface area contributed by atoms with Crippen molar-refractivity contribution >= 4 is 76.3 Å². The first-order valence-electron chi connectivity index (χ1n) is 29.7. The van der Waals surface area contributed by atoms with E-state index in [1.807, 2.05) is 70.0 Å². The van der Waals surface area contributed by atoms with Gasteiger partial charge < -0.3 is 52.4 Å². The fourth-order valence-corrected chi connectivity index (χ4v) is 10.9. The molecule has 10 N–H and O–H groups in total. The second kappa shape index (κ2) is 35.8. The quantitative estimate of drug-likeness (QED) is 0.0199. The topological polar surface area (TPSA) is 339 Å². The molecule has 2 aromatic carbocycles. The van der Waals surface area contributed by atoms with E-state index in [1.165, 1.54) is 6.92 Å². The number of esters is 1. The van der Waals surface area contributed by atoms with Gasteiger partial charge in [-0.15, -0.1) is 11.3 Å². The highest BCUT2D eigenvalue weighted by Crippen LogP contribution is 2.31. The SMILES string of the molecule is CC[C@H](C)[C@H](NC(=O)[C@H]1CCCCN1C)C(=O)N(C)[C@H](C[C@@H](OC(C)=O)c1nc(C(=O)N[C@@H](Cc2ccccc2)C[C@H](C)C(=O)NOCc2ccc(NC(=O)[C@H](CCCNC(N)=O)NC(=O)[C@@H](NC(=O)CCCC(=O)O)C(C)C)cc2)cs1)C(C)C. The molecule has 9 amide bonds. The first-order chi connectivity index (χ1) is 40.8. The number of nitrogens with zero attached hydrogens (tertiary/aromatic N) is 3. The number of hydrogen-bond acceptors (Lipinski definition) is 15. The zero-order valence-electron chi connectivity index (χ0n) is 51.4. The summed E-state index contributed by atoms with van der Waals surface area (Å²) >= 11 is 1.15.